The van der Waals surface area contributed by atoms with Gasteiger partial charge in [-0.3, -0.25) is 4.79 Å². The van der Waals surface area contributed by atoms with Crippen molar-refractivity contribution in [3.63, 3.8) is 0 Å². The summed E-state index contributed by atoms with van der Waals surface area (Å²) in [7, 11) is -4.26. The predicted octanol–water partition coefficient (Wildman–Crippen LogP) is 2.97. The van der Waals surface area contributed by atoms with Crippen molar-refractivity contribution < 1.29 is 31.9 Å². The number of hydrogen-bond donors (Lipinski definition) is 1. The van der Waals surface area contributed by atoms with Crippen LogP contribution in [0.3, 0.4) is 0 Å². The molecule has 13 heteroatoms. The van der Waals surface area contributed by atoms with Gasteiger partial charge in [0.2, 0.25) is 10.6 Å². The summed E-state index contributed by atoms with van der Waals surface area (Å²) in [6.45, 7) is 1.04. The molecule has 0 bridgehead atoms. The number of halogens is 1. The van der Waals surface area contributed by atoms with Gasteiger partial charge >= 0.3 is 11.6 Å². The molecule has 10 nitrogen and oxygen atoms in total. The number of allylic oxidation sites excluding steroid dienone is 4. The van der Waals surface area contributed by atoms with Crippen LogP contribution in [0.15, 0.2) is 47.2 Å². The van der Waals surface area contributed by atoms with Crippen LogP contribution in [0.2, 0.25) is 5.02 Å². The van der Waals surface area contributed by atoms with Crippen LogP contribution in [0.5, 0.6) is 0 Å². The maximum atomic E-state index is 10.9. The number of aryl methyl sites for hydroxylation is 1. The van der Waals surface area contributed by atoms with Gasteiger partial charge in [-0.2, -0.15) is 4.98 Å². The van der Waals surface area contributed by atoms with Crippen LogP contribution in [-0.2, 0) is 21.5 Å². The lowest BCUT2D eigenvalue weighted by Crippen LogP contribution is -2.34. The van der Waals surface area contributed by atoms with E-state index in [9.17, 15) is 17.8 Å². The Labute approximate surface area is 234 Å². The van der Waals surface area contributed by atoms with Crippen molar-refractivity contribution in [1.82, 2.24) is 9.97 Å². The molecule has 1 aliphatic rings. The van der Waals surface area contributed by atoms with Crippen LogP contribution in [-0.4, -0.2) is 46.3 Å². The Morgan fingerprint density at radius 1 is 1.21 bits per heavy atom. The van der Waals surface area contributed by atoms with Gasteiger partial charge in [-0.25, -0.2) is 13.0 Å². The Balaban J connectivity index is 1.38. The van der Waals surface area contributed by atoms with Crippen LogP contribution < -0.4 is 20.4 Å². The number of aliphatic carboxylic acids is 1. The highest BCUT2D eigenvalue weighted by Gasteiger charge is 2.17. The fourth-order valence-corrected chi connectivity index (χ4v) is 5.67. The Kier molecular flexibility index (Phi) is 9.68. The van der Waals surface area contributed by atoms with Crippen molar-refractivity contribution in [3.8, 4) is 0 Å². The SMILES string of the molecule is O=C(O)CCCCC[n+]1cc(Cl)cc2sc(/C=C/C=C/C=c3\nc4c(o3)=CC=CN4CCCS(=O)(=O)[O-])nc21. The first kappa shape index (κ1) is 28.7. The minimum atomic E-state index is -4.26. The number of carbonyl (C=O) groups is 1. The molecule has 0 atom stereocenters. The van der Waals surface area contributed by atoms with E-state index in [4.69, 9.17) is 26.1 Å². The molecule has 0 amide bonds. The third-order valence-electron chi connectivity index (χ3n) is 5.69. The molecule has 4 heterocycles. The summed E-state index contributed by atoms with van der Waals surface area (Å²) in [6.07, 6.45) is 18.9. The van der Waals surface area contributed by atoms with Gasteiger partial charge in [-0.1, -0.05) is 41.2 Å². The molecule has 0 unspecified atom stereocenters. The fraction of sp³-hybridized carbons (Fsp3) is 0.308. The van der Waals surface area contributed by atoms with E-state index in [1.807, 2.05) is 35.1 Å². The first-order chi connectivity index (χ1) is 18.7. The predicted molar refractivity (Wildman–Crippen MR) is 149 cm³/mol. The normalized spacial score (nSPS) is 14.1. The number of pyridine rings is 1. The van der Waals surface area contributed by atoms with Crippen molar-refractivity contribution in [2.45, 2.75) is 38.6 Å². The lowest BCUT2D eigenvalue weighted by Gasteiger charge is -2.19. The van der Waals surface area contributed by atoms with Gasteiger partial charge in [0.25, 0.3) is 0 Å². The van der Waals surface area contributed by atoms with Gasteiger partial charge in [-0.05, 0) is 48.9 Å². The molecular weight excluding hydrogens is 564 g/mol. The van der Waals surface area contributed by atoms with Crippen molar-refractivity contribution in [3.05, 3.63) is 63.8 Å². The third-order valence-corrected chi connectivity index (χ3v) is 7.64. The number of unbranched alkanes of at least 4 members (excludes halogenated alkanes) is 2. The number of nitrogens with zero attached hydrogens (tertiary/aromatic N) is 4. The number of carboxylic acid groups (broad SMARTS) is 1. The smallest absolute Gasteiger partial charge is 0.342 e. The summed E-state index contributed by atoms with van der Waals surface area (Å²) in [5.41, 5.74) is 1.79. The molecule has 3 aromatic rings. The second-order valence-corrected chi connectivity index (χ2v) is 11.8. The van der Waals surface area contributed by atoms with E-state index in [-0.39, 0.29) is 12.8 Å². The van der Waals surface area contributed by atoms with E-state index < -0.39 is 21.8 Å². The van der Waals surface area contributed by atoms with E-state index in [2.05, 4.69) is 4.98 Å². The molecule has 0 fully saturated rings. The molecule has 0 spiro atoms. The highest BCUT2D eigenvalue weighted by molar-refractivity contribution is 7.85. The summed E-state index contributed by atoms with van der Waals surface area (Å²) in [5.74, 6) is -0.639. The maximum absolute atomic E-state index is 10.9. The number of thiazole rings is 1. The van der Waals surface area contributed by atoms with Gasteiger partial charge in [0.05, 0.1) is 21.7 Å². The number of oxazole rings is 1. The zero-order valence-electron chi connectivity index (χ0n) is 20.9. The van der Waals surface area contributed by atoms with Gasteiger partial charge in [0, 0.05) is 37.1 Å². The zero-order chi connectivity index (χ0) is 27.8. The first-order valence-corrected chi connectivity index (χ1v) is 15.1. The molecule has 0 radical (unpaired) electrons. The summed E-state index contributed by atoms with van der Waals surface area (Å²) < 4.78 is 41.3. The topological polar surface area (TPSA) is 141 Å². The zero-order valence-corrected chi connectivity index (χ0v) is 23.3. The molecule has 0 saturated carbocycles. The van der Waals surface area contributed by atoms with E-state index >= 15 is 0 Å². The number of carboxylic acids is 1. The van der Waals surface area contributed by atoms with E-state index in [1.165, 1.54) is 11.3 Å². The molecule has 0 saturated heterocycles. The van der Waals surface area contributed by atoms with Crippen LogP contribution in [0.4, 0.5) is 5.82 Å². The highest BCUT2D eigenvalue weighted by Crippen LogP contribution is 2.23. The Morgan fingerprint density at radius 3 is 2.85 bits per heavy atom. The highest BCUT2D eigenvalue weighted by atomic mass is 35.5. The van der Waals surface area contributed by atoms with E-state index in [0.29, 0.717) is 41.3 Å². The summed E-state index contributed by atoms with van der Waals surface area (Å²) in [4.78, 5) is 21.6. The van der Waals surface area contributed by atoms with Gasteiger partial charge in [-0.15, -0.1) is 0 Å². The first-order valence-electron chi connectivity index (χ1n) is 12.3. The Bertz CT molecular complexity index is 1660. The number of aromatic nitrogens is 3. The molecule has 39 heavy (non-hydrogen) atoms. The van der Waals surface area contributed by atoms with Crippen molar-refractivity contribution in [1.29, 1.82) is 0 Å². The monoisotopic (exact) mass is 590 g/mol. The maximum Gasteiger partial charge on any atom is 0.342 e. The fourth-order valence-electron chi connectivity index (χ4n) is 3.95. The molecular formula is C26H27ClN4O6S2. The van der Waals surface area contributed by atoms with Crippen LogP contribution in [0.25, 0.3) is 28.6 Å². The molecule has 1 N–H and O–H groups in total. The largest absolute Gasteiger partial charge is 0.748 e. The Hall–Kier alpha value is -3.32. The second-order valence-electron chi connectivity index (χ2n) is 8.76. The van der Waals surface area contributed by atoms with Crippen LogP contribution in [0.1, 0.15) is 37.1 Å². The Morgan fingerprint density at radius 2 is 2.05 bits per heavy atom. The van der Waals surface area contributed by atoms with Crippen molar-refractivity contribution >= 4 is 73.4 Å². The second kappa shape index (κ2) is 13.2. The van der Waals surface area contributed by atoms with Gasteiger partial charge in [0.15, 0.2) is 11.2 Å². The van der Waals surface area contributed by atoms with Crippen molar-refractivity contribution in [2.24, 2.45) is 0 Å². The average molecular weight is 591 g/mol. The lowest BCUT2D eigenvalue weighted by molar-refractivity contribution is -0.673. The molecule has 1 aliphatic heterocycles. The number of hydrogen-bond acceptors (Lipinski definition) is 9. The third kappa shape index (κ3) is 8.59. The minimum Gasteiger partial charge on any atom is -0.748 e. The molecule has 0 aromatic carbocycles. The number of rotatable bonds is 13. The standard InChI is InChI=1S/C26H27ClN4O6S2/c27-19-17-21-26(31(18-19)13-6-2-5-12-24(32)33)29-23(38-21)11-4-1-3-10-22-28-25-20(37-22)9-7-14-30(25)15-8-16-39(34,35)36/h1,3-4,7,9-11,14,17-18H,2,5-6,8,12-13,15-16H2,(H-,32,33,34,35,36). The molecule has 3 aromatic heterocycles. The van der Waals surface area contributed by atoms with Crippen LogP contribution >= 0.6 is 22.9 Å². The average Bonchev–Trinajstić information content (AvgIpc) is 3.46. The number of anilines is 1. The minimum absolute atomic E-state index is 0.177. The molecule has 0 aliphatic carbocycles. The molecule has 206 valence electrons. The van der Waals surface area contributed by atoms with Gasteiger partial charge in [0.1, 0.15) is 10.9 Å². The lowest BCUT2D eigenvalue weighted by atomic mass is 10.2. The van der Waals surface area contributed by atoms with Gasteiger partial charge < -0.3 is 19.0 Å². The van der Waals surface area contributed by atoms with E-state index in [0.717, 1.165) is 28.2 Å². The number of fused-ring (bicyclic) bond motifs is 2. The quantitative estimate of drug-likeness (QED) is 0.138. The summed E-state index contributed by atoms with van der Waals surface area (Å²) >= 11 is 7.82. The van der Waals surface area contributed by atoms with E-state index in [1.54, 1.807) is 35.4 Å². The van der Waals surface area contributed by atoms with Crippen molar-refractivity contribution in [2.75, 3.05) is 17.2 Å². The molecule has 4 rings (SSSR count). The van der Waals surface area contributed by atoms with Crippen LogP contribution in [0, 0.1) is 0 Å². The summed E-state index contributed by atoms with van der Waals surface area (Å²) in [6, 6.07) is 1.88. The summed E-state index contributed by atoms with van der Waals surface area (Å²) in [5, 5.41) is 10.2.